The molecule has 8 heteroatoms. The molecule has 2 saturated heterocycles. The Kier molecular flexibility index (Phi) is 9.48. The predicted octanol–water partition coefficient (Wildman–Crippen LogP) is 2.85. The maximum atomic E-state index is 13.1. The summed E-state index contributed by atoms with van der Waals surface area (Å²) in [6, 6.07) is 7.91. The molecule has 0 bridgehead atoms. The number of rotatable bonds is 4. The smallest absolute Gasteiger partial charge is 0.231 e. The zero-order chi connectivity index (χ0) is 17.0. The Morgan fingerprint density at radius 3 is 2.23 bits per heavy atom. The molecule has 0 aliphatic carbocycles. The maximum absolute atomic E-state index is 13.1. The van der Waals surface area contributed by atoms with Gasteiger partial charge in [0.25, 0.3) is 0 Å². The largest absolute Gasteiger partial charge is 0.384 e. The van der Waals surface area contributed by atoms with E-state index in [9.17, 15) is 4.79 Å². The van der Waals surface area contributed by atoms with E-state index in [-0.39, 0.29) is 36.1 Å². The fraction of sp³-hybridized carbons (Fsp3) is 0.611. The van der Waals surface area contributed by atoms with Gasteiger partial charge in [-0.05, 0) is 50.2 Å². The van der Waals surface area contributed by atoms with Gasteiger partial charge in [-0.15, -0.1) is 24.8 Å². The minimum absolute atomic E-state index is 0. The van der Waals surface area contributed by atoms with Crippen molar-refractivity contribution < 1.29 is 9.53 Å². The zero-order valence-corrected chi connectivity index (χ0v) is 17.5. The monoisotopic (exact) mass is 423 g/mol. The van der Waals surface area contributed by atoms with Crippen molar-refractivity contribution in [1.29, 1.82) is 0 Å². The van der Waals surface area contributed by atoms with Crippen LogP contribution in [0.3, 0.4) is 0 Å². The van der Waals surface area contributed by atoms with Crippen molar-refractivity contribution in [3.8, 4) is 0 Å². The number of halogens is 3. The van der Waals surface area contributed by atoms with E-state index < -0.39 is 0 Å². The Morgan fingerprint density at radius 1 is 1.12 bits per heavy atom. The highest BCUT2D eigenvalue weighted by Crippen LogP contribution is 2.32. The molecule has 0 spiro atoms. The molecule has 2 aliphatic heterocycles. The first-order valence-electron chi connectivity index (χ1n) is 8.64. The van der Waals surface area contributed by atoms with Crippen LogP contribution in [0.25, 0.3) is 0 Å². The molecule has 0 radical (unpaired) electrons. The molecule has 0 saturated carbocycles. The van der Waals surface area contributed by atoms with Gasteiger partial charge < -0.3 is 19.9 Å². The summed E-state index contributed by atoms with van der Waals surface area (Å²) in [4.78, 5) is 17.5. The molecule has 0 atom stereocenters. The average molecular weight is 425 g/mol. The number of piperazine rings is 1. The van der Waals surface area contributed by atoms with Crippen LogP contribution < -0.4 is 10.2 Å². The van der Waals surface area contributed by atoms with Gasteiger partial charge in [0.15, 0.2) is 0 Å². The molecule has 0 unspecified atom stereocenters. The number of nitrogens with zero attached hydrogens (tertiary/aromatic N) is 2. The lowest BCUT2D eigenvalue weighted by atomic mass is 9.78. The molecule has 2 fully saturated rings. The first-order valence-corrected chi connectivity index (χ1v) is 9.02. The van der Waals surface area contributed by atoms with Crippen molar-refractivity contribution in [2.75, 3.05) is 57.9 Å². The number of carbonyl (C=O) groups excluding carboxylic acids is 1. The van der Waals surface area contributed by atoms with Crippen LogP contribution in [-0.4, -0.2) is 63.8 Å². The molecule has 0 aromatic heterocycles. The third-order valence-corrected chi connectivity index (χ3v) is 5.45. The maximum Gasteiger partial charge on any atom is 0.231 e. The van der Waals surface area contributed by atoms with E-state index in [1.165, 1.54) is 5.69 Å². The van der Waals surface area contributed by atoms with Crippen molar-refractivity contribution in [1.82, 2.24) is 10.2 Å². The second-order valence-electron chi connectivity index (χ2n) is 6.72. The number of anilines is 1. The normalized spacial score (nSPS) is 19.3. The van der Waals surface area contributed by atoms with Crippen LogP contribution in [0.5, 0.6) is 0 Å². The summed E-state index contributed by atoms with van der Waals surface area (Å²) in [6.45, 7) is 5.54. The van der Waals surface area contributed by atoms with Crippen LogP contribution in [0.1, 0.15) is 12.8 Å². The number of nitrogens with one attached hydrogen (secondary N) is 1. The fourth-order valence-electron chi connectivity index (χ4n) is 3.76. The van der Waals surface area contributed by atoms with E-state index in [1.54, 1.807) is 7.11 Å². The average Bonchev–Trinajstić information content (AvgIpc) is 2.63. The second-order valence-corrected chi connectivity index (χ2v) is 7.16. The summed E-state index contributed by atoms with van der Waals surface area (Å²) in [7, 11) is 1.69. The highest BCUT2D eigenvalue weighted by atomic mass is 35.5. The summed E-state index contributed by atoms with van der Waals surface area (Å²) in [5.74, 6) is 0.265. The molecule has 26 heavy (non-hydrogen) atoms. The molecule has 148 valence electrons. The van der Waals surface area contributed by atoms with Gasteiger partial charge in [0.05, 0.1) is 12.0 Å². The third kappa shape index (κ3) is 5.17. The number of benzene rings is 1. The molecule has 5 nitrogen and oxygen atoms in total. The SMILES string of the molecule is COCC1(C(=O)N2CCN(c3ccc(Cl)cc3)CC2)CCNCC1.Cl.Cl. The van der Waals surface area contributed by atoms with Gasteiger partial charge in [-0.3, -0.25) is 4.79 Å². The number of carbonyl (C=O) groups is 1. The summed E-state index contributed by atoms with van der Waals surface area (Å²) in [5, 5.41) is 4.09. The lowest BCUT2D eigenvalue weighted by molar-refractivity contribution is -0.147. The van der Waals surface area contributed by atoms with Gasteiger partial charge in [-0.25, -0.2) is 0 Å². The zero-order valence-electron chi connectivity index (χ0n) is 15.1. The van der Waals surface area contributed by atoms with E-state index in [4.69, 9.17) is 16.3 Å². The number of amides is 1. The van der Waals surface area contributed by atoms with E-state index in [0.29, 0.717) is 6.61 Å². The molecule has 1 N–H and O–H groups in total. The molecule has 1 aromatic carbocycles. The summed E-state index contributed by atoms with van der Waals surface area (Å²) >= 11 is 5.96. The van der Waals surface area contributed by atoms with Crippen LogP contribution in [0.4, 0.5) is 5.69 Å². The van der Waals surface area contributed by atoms with Gasteiger partial charge in [0.2, 0.25) is 5.91 Å². The molecule has 2 aliphatic rings. The number of piperidine rings is 1. The lowest BCUT2D eigenvalue weighted by Gasteiger charge is -2.43. The fourth-order valence-corrected chi connectivity index (χ4v) is 3.88. The molecular weight excluding hydrogens is 397 g/mol. The van der Waals surface area contributed by atoms with E-state index >= 15 is 0 Å². The Hall–Kier alpha value is -0.720. The number of ether oxygens (including phenoxy) is 1. The van der Waals surface area contributed by atoms with Crippen molar-refractivity contribution in [3.63, 3.8) is 0 Å². The van der Waals surface area contributed by atoms with Gasteiger partial charge in [-0.2, -0.15) is 0 Å². The standard InChI is InChI=1S/C18H26ClN3O2.2ClH/c1-24-14-18(6-8-20-9-7-18)17(23)22-12-10-21(11-13-22)16-4-2-15(19)3-5-16;;/h2-5,20H,6-14H2,1H3;2*1H. The topological polar surface area (TPSA) is 44.8 Å². The highest BCUT2D eigenvalue weighted by Gasteiger charge is 2.42. The minimum atomic E-state index is -0.345. The second kappa shape index (κ2) is 10.6. The number of hydrogen-bond donors (Lipinski definition) is 1. The quantitative estimate of drug-likeness (QED) is 0.807. The van der Waals surface area contributed by atoms with Gasteiger partial charge in [0.1, 0.15) is 0 Å². The first kappa shape index (κ1) is 23.3. The van der Waals surface area contributed by atoms with Gasteiger partial charge >= 0.3 is 0 Å². The van der Waals surface area contributed by atoms with Crippen LogP contribution >= 0.6 is 36.4 Å². The Bertz CT molecular complexity index is 552. The summed E-state index contributed by atoms with van der Waals surface area (Å²) < 4.78 is 5.40. The number of methoxy groups -OCH3 is 1. The van der Waals surface area contributed by atoms with Crippen LogP contribution in [0, 0.1) is 5.41 Å². The molecule has 1 aromatic rings. The van der Waals surface area contributed by atoms with Gasteiger partial charge in [0, 0.05) is 44.0 Å². The van der Waals surface area contributed by atoms with Crippen molar-refractivity contribution >= 4 is 48.0 Å². The number of hydrogen-bond acceptors (Lipinski definition) is 4. The molecule has 3 rings (SSSR count). The Balaban J connectivity index is 0.00000169. The van der Waals surface area contributed by atoms with Crippen LogP contribution in [0.2, 0.25) is 5.02 Å². The van der Waals surface area contributed by atoms with E-state index in [2.05, 4.69) is 10.2 Å². The van der Waals surface area contributed by atoms with Crippen LogP contribution in [0.15, 0.2) is 24.3 Å². The van der Waals surface area contributed by atoms with E-state index in [1.807, 2.05) is 29.2 Å². The van der Waals surface area contributed by atoms with Gasteiger partial charge in [-0.1, -0.05) is 11.6 Å². The third-order valence-electron chi connectivity index (χ3n) is 5.19. The molecule has 2 heterocycles. The van der Waals surface area contributed by atoms with Crippen LogP contribution in [-0.2, 0) is 9.53 Å². The van der Waals surface area contributed by atoms with Crippen molar-refractivity contribution in [3.05, 3.63) is 29.3 Å². The Labute approximate surface area is 173 Å². The first-order chi connectivity index (χ1) is 11.6. The molecular formula is C18H28Cl3N3O2. The Morgan fingerprint density at radius 2 is 1.69 bits per heavy atom. The predicted molar refractivity (Wildman–Crippen MR) is 111 cm³/mol. The highest BCUT2D eigenvalue weighted by molar-refractivity contribution is 6.30. The van der Waals surface area contributed by atoms with Crippen molar-refractivity contribution in [2.45, 2.75) is 12.8 Å². The minimum Gasteiger partial charge on any atom is -0.384 e. The van der Waals surface area contributed by atoms with Crippen molar-refractivity contribution in [2.24, 2.45) is 5.41 Å². The summed E-state index contributed by atoms with van der Waals surface area (Å²) in [6.07, 6.45) is 1.72. The lowest BCUT2D eigenvalue weighted by Crippen LogP contribution is -2.56. The van der Waals surface area contributed by atoms with E-state index in [0.717, 1.165) is 57.1 Å². The molecule has 1 amide bonds. The summed E-state index contributed by atoms with van der Waals surface area (Å²) in [5.41, 5.74) is 0.822.